The first kappa shape index (κ1) is 18.9. The number of hydrogen-bond donors (Lipinski definition) is 1. The van der Waals surface area contributed by atoms with Gasteiger partial charge in [-0.2, -0.15) is 0 Å². The molecule has 1 saturated heterocycles. The predicted octanol–water partition coefficient (Wildman–Crippen LogP) is 1.14. The molecule has 0 spiro atoms. The number of rotatable bonds is 3. The minimum absolute atomic E-state index is 0.281. The van der Waals surface area contributed by atoms with Gasteiger partial charge in [-0.3, -0.25) is 9.39 Å². The van der Waals surface area contributed by atoms with Gasteiger partial charge in [0.05, 0.1) is 0 Å². The number of piperazine rings is 1. The second-order valence-electron chi connectivity index (χ2n) is 7.49. The van der Waals surface area contributed by atoms with Crippen molar-refractivity contribution in [1.29, 1.82) is 0 Å². The van der Waals surface area contributed by atoms with E-state index in [9.17, 15) is 4.79 Å². The molecule has 3 heterocycles. The molecule has 9 nitrogen and oxygen atoms in total. The van der Waals surface area contributed by atoms with E-state index in [1.165, 1.54) is 0 Å². The third kappa shape index (κ3) is 4.87. The molecule has 0 aliphatic carbocycles. The van der Waals surface area contributed by atoms with Crippen LogP contribution in [0.3, 0.4) is 0 Å². The van der Waals surface area contributed by atoms with E-state index in [1.54, 1.807) is 4.90 Å². The van der Waals surface area contributed by atoms with Crippen LogP contribution in [0.2, 0.25) is 0 Å². The standard InChI is InChI=1S/C18H27N7O2/c1-18(2,3)27-17(26)24-12-10-23(11-13-24)16(19)20-8-7-15-22-21-14-6-4-5-9-25(14)15/h4-6,9H,7-8,10-13H2,1-3H3,(H2,19,20). The smallest absolute Gasteiger partial charge is 0.410 e. The third-order valence-electron chi connectivity index (χ3n) is 4.25. The van der Waals surface area contributed by atoms with Gasteiger partial charge in [0.15, 0.2) is 11.6 Å². The van der Waals surface area contributed by atoms with Gasteiger partial charge in [-0.05, 0) is 32.9 Å². The zero-order valence-corrected chi connectivity index (χ0v) is 16.1. The van der Waals surface area contributed by atoms with Gasteiger partial charge >= 0.3 is 6.09 Å². The van der Waals surface area contributed by atoms with Gasteiger partial charge in [-0.15, -0.1) is 10.2 Å². The molecule has 2 aromatic rings. The molecule has 0 atom stereocenters. The summed E-state index contributed by atoms with van der Waals surface area (Å²) in [5, 5.41) is 8.32. The highest BCUT2D eigenvalue weighted by Crippen LogP contribution is 2.12. The Morgan fingerprint density at radius 1 is 1.19 bits per heavy atom. The van der Waals surface area contributed by atoms with Crippen molar-refractivity contribution in [2.24, 2.45) is 10.7 Å². The lowest BCUT2D eigenvalue weighted by Gasteiger charge is -2.36. The van der Waals surface area contributed by atoms with E-state index >= 15 is 0 Å². The predicted molar refractivity (Wildman–Crippen MR) is 103 cm³/mol. The molecule has 2 aromatic heterocycles. The van der Waals surface area contributed by atoms with Crippen LogP contribution in [-0.2, 0) is 11.2 Å². The highest BCUT2D eigenvalue weighted by Gasteiger charge is 2.26. The van der Waals surface area contributed by atoms with E-state index in [-0.39, 0.29) is 6.09 Å². The molecular formula is C18H27N7O2. The molecule has 0 saturated carbocycles. The first-order valence-corrected chi connectivity index (χ1v) is 9.15. The Kier molecular flexibility index (Phi) is 5.48. The zero-order chi connectivity index (χ0) is 19.4. The van der Waals surface area contributed by atoms with Crippen LogP contribution in [0.4, 0.5) is 4.79 Å². The molecule has 1 amide bonds. The molecule has 3 rings (SSSR count). The second kappa shape index (κ2) is 7.81. The van der Waals surface area contributed by atoms with E-state index in [0.717, 1.165) is 11.5 Å². The maximum atomic E-state index is 12.1. The first-order chi connectivity index (χ1) is 12.8. The number of pyridine rings is 1. The van der Waals surface area contributed by atoms with E-state index in [2.05, 4.69) is 15.2 Å². The summed E-state index contributed by atoms with van der Waals surface area (Å²) >= 11 is 0. The number of fused-ring (bicyclic) bond motifs is 1. The van der Waals surface area contributed by atoms with Gasteiger partial charge in [-0.1, -0.05) is 6.07 Å². The molecule has 0 radical (unpaired) electrons. The maximum Gasteiger partial charge on any atom is 0.410 e. The highest BCUT2D eigenvalue weighted by molar-refractivity contribution is 5.78. The number of nitrogens with zero attached hydrogens (tertiary/aromatic N) is 6. The Hall–Kier alpha value is -2.84. The Balaban J connectivity index is 1.49. The Morgan fingerprint density at radius 3 is 2.59 bits per heavy atom. The molecule has 0 unspecified atom stereocenters. The maximum absolute atomic E-state index is 12.1. The van der Waals surface area contributed by atoms with Crippen LogP contribution in [-0.4, -0.2) is 74.8 Å². The van der Waals surface area contributed by atoms with Crippen LogP contribution in [0.1, 0.15) is 26.6 Å². The van der Waals surface area contributed by atoms with Crippen LogP contribution in [0.15, 0.2) is 29.4 Å². The SMILES string of the molecule is CC(C)(C)OC(=O)N1CCN(C(N)=NCCc2nnc3ccccn23)CC1. The monoisotopic (exact) mass is 373 g/mol. The molecular weight excluding hydrogens is 346 g/mol. The quantitative estimate of drug-likeness (QED) is 0.639. The normalized spacial score (nSPS) is 16.0. The Labute approximate surface area is 158 Å². The summed E-state index contributed by atoms with van der Waals surface area (Å²) in [4.78, 5) is 20.3. The summed E-state index contributed by atoms with van der Waals surface area (Å²) in [5.41, 5.74) is 6.46. The van der Waals surface area contributed by atoms with Crippen LogP contribution >= 0.6 is 0 Å². The number of hydrogen-bond acceptors (Lipinski definition) is 5. The second-order valence-corrected chi connectivity index (χ2v) is 7.49. The molecule has 9 heteroatoms. The molecule has 146 valence electrons. The van der Waals surface area contributed by atoms with Crippen molar-refractivity contribution in [2.75, 3.05) is 32.7 Å². The summed E-state index contributed by atoms with van der Waals surface area (Å²) < 4.78 is 7.36. The van der Waals surface area contributed by atoms with Gasteiger partial charge in [0, 0.05) is 45.3 Å². The number of carbonyl (C=O) groups excluding carboxylic acids is 1. The number of aromatic nitrogens is 3. The summed E-state index contributed by atoms with van der Waals surface area (Å²) in [5.74, 6) is 1.35. The summed E-state index contributed by atoms with van der Waals surface area (Å²) in [6.07, 6.45) is 2.31. The van der Waals surface area contributed by atoms with Crippen molar-refractivity contribution < 1.29 is 9.53 Å². The average molecular weight is 373 g/mol. The highest BCUT2D eigenvalue weighted by atomic mass is 16.6. The van der Waals surface area contributed by atoms with Gasteiger partial charge in [0.25, 0.3) is 0 Å². The molecule has 27 heavy (non-hydrogen) atoms. The third-order valence-corrected chi connectivity index (χ3v) is 4.25. The molecule has 0 aromatic carbocycles. The molecule has 1 fully saturated rings. The van der Waals surface area contributed by atoms with Crippen molar-refractivity contribution in [1.82, 2.24) is 24.4 Å². The van der Waals surface area contributed by atoms with Gasteiger partial charge < -0.3 is 20.3 Å². The van der Waals surface area contributed by atoms with Crippen LogP contribution in [0, 0.1) is 0 Å². The fraction of sp³-hybridized carbons (Fsp3) is 0.556. The number of nitrogens with two attached hydrogens (primary N) is 1. The zero-order valence-electron chi connectivity index (χ0n) is 16.1. The lowest BCUT2D eigenvalue weighted by Crippen LogP contribution is -2.53. The number of aliphatic imine (C=N–C) groups is 1. The summed E-state index contributed by atoms with van der Waals surface area (Å²) in [6.45, 7) is 8.55. The summed E-state index contributed by atoms with van der Waals surface area (Å²) in [7, 11) is 0. The lowest BCUT2D eigenvalue weighted by molar-refractivity contribution is 0.0186. The van der Waals surface area contributed by atoms with Crippen LogP contribution in [0.5, 0.6) is 0 Å². The number of guanidine groups is 1. The largest absolute Gasteiger partial charge is 0.444 e. The topological polar surface area (TPSA) is 101 Å². The molecule has 1 aliphatic heterocycles. The lowest BCUT2D eigenvalue weighted by atomic mass is 10.2. The summed E-state index contributed by atoms with van der Waals surface area (Å²) in [6, 6.07) is 5.79. The first-order valence-electron chi connectivity index (χ1n) is 9.15. The number of amides is 1. The van der Waals surface area contributed by atoms with Crippen LogP contribution < -0.4 is 5.73 Å². The van der Waals surface area contributed by atoms with Crippen molar-refractivity contribution >= 4 is 17.7 Å². The van der Waals surface area contributed by atoms with E-state index in [1.807, 2.05) is 54.5 Å². The minimum atomic E-state index is -0.486. The van der Waals surface area contributed by atoms with E-state index in [0.29, 0.717) is 45.1 Å². The van der Waals surface area contributed by atoms with E-state index in [4.69, 9.17) is 10.5 Å². The number of ether oxygens (including phenoxy) is 1. The molecule has 0 bridgehead atoms. The van der Waals surface area contributed by atoms with Crippen LogP contribution in [0.25, 0.3) is 5.65 Å². The van der Waals surface area contributed by atoms with Crippen molar-refractivity contribution in [2.45, 2.75) is 32.8 Å². The fourth-order valence-electron chi connectivity index (χ4n) is 2.88. The Morgan fingerprint density at radius 2 is 1.89 bits per heavy atom. The van der Waals surface area contributed by atoms with Gasteiger partial charge in [0.1, 0.15) is 11.4 Å². The Bertz CT molecular complexity index is 816. The van der Waals surface area contributed by atoms with Gasteiger partial charge in [-0.25, -0.2) is 4.79 Å². The minimum Gasteiger partial charge on any atom is -0.444 e. The molecule has 2 N–H and O–H groups in total. The fourth-order valence-corrected chi connectivity index (χ4v) is 2.88. The van der Waals surface area contributed by atoms with Crippen molar-refractivity contribution in [3.63, 3.8) is 0 Å². The number of carbonyl (C=O) groups is 1. The average Bonchev–Trinajstić information content (AvgIpc) is 3.04. The van der Waals surface area contributed by atoms with Gasteiger partial charge in [0.2, 0.25) is 0 Å². The van der Waals surface area contributed by atoms with E-state index < -0.39 is 5.60 Å². The molecule has 1 aliphatic rings. The van der Waals surface area contributed by atoms with Crippen molar-refractivity contribution in [3.05, 3.63) is 30.2 Å². The van der Waals surface area contributed by atoms with Crippen molar-refractivity contribution in [3.8, 4) is 0 Å².